The largest absolute Gasteiger partial charge is 0.394 e. The zero-order valence-corrected chi connectivity index (χ0v) is 26.4. The van der Waals surface area contributed by atoms with Gasteiger partial charge in [0.05, 0.1) is 19.3 Å². The highest BCUT2D eigenvalue weighted by Gasteiger charge is 2.61. The number of nitrogens with zero attached hydrogens (tertiary/aromatic N) is 1. The molecule has 9 N–H and O–H groups in total. The Morgan fingerprint density at radius 3 is 1.93 bits per heavy atom. The van der Waals surface area contributed by atoms with Crippen molar-refractivity contribution >= 4 is 5.91 Å². The summed E-state index contributed by atoms with van der Waals surface area (Å²) in [5.74, 6) is -0.478. The number of aliphatic hydroxyl groups is 9. The summed E-state index contributed by atoms with van der Waals surface area (Å²) in [6.07, 6.45) is -15.4. The quantitative estimate of drug-likeness (QED) is 0.0850. The standard InChI is InChI=1S/C29H53NO15/c1-5-6-7-8-9-10-11-30(15(3)33)24-26(40)42-17(13-32)25(44-27-22(38)21(37)19(35)16(12-31)43-27)29(24,4)45-28-23(39)20(36)18(34)14(2)41-28/h14,16-28,31-32,34-40H,5-13H2,1-4H3/t14-,16+,17+,18+,19-,20+,21-,22+,23-,24-,25+,26+,27-,28-,29+/m0/s1. The summed E-state index contributed by atoms with van der Waals surface area (Å²) in [5, 5.41) is 94.3. The van der Waals surface area contributed by atoms with Gasteiger partial charge in [-0.1, -0.05) is 39.0 Å². The molecule has 0 unspecified atom stereocenters. The number of rotatable bonds is 14. The maximum Gasteiger partial charge on any atom is 0.219 e. The Bertz CT molecular complexity index is 915. The first-order chi connectivity index (χ1) is 21.2. The van der Waals surface area contributed by atoms with Crippen LogP contribution in [0, 0.1) is 0 Å². The number of aliphatic hydroxyl groups excluding tert-OH is 9. The van der Waals surface area contributed by atoms with Gasteiger partial charge in [-0.2, -0.15) is 0 Å². The molecule has 3 aliphatic heterocycles. The molecular weight excluding hydrogens is 602 g/mol. The Morgan fingerprint density at radius 1 is 0.756 bits per heavy atom. The number of hydrogen-bond acceptors (Lipinski definition) is 15. The zero-order valence-electron chi connectivity index (χ0n) is 26.4. The minimum absolute atomic E-state index is 0.147. The van der Waals surface area contributed by atoms with E-state index in [0.29, 0.717) is 6.42 Å². The lowest BCUT2D eigenvalue weighted by atomic mass is 9.81. The predicted octanol–water partition coefficient (Wildman–Crippen LogP) is -2.94. The molecule has 3 fully saturated rings. The van der Waals surface area contributed by atoms with Crippen LogP contribution in [-0.2, 0) is 28.5 Å². The highest BCUT2D eigenvalue weighted by molar-refractivity contribution is 5.74. The van der Waals surface area contributed by atoms with Gasteiger partial charge in [0, 0.05) is 13.5 Å². The van der Waals surface area contributed by atoms with Gasteiger partial charge in [-0.3, -0.25) is 4.79 Å². The van der Waals surface area contributed by atoms with Gasteiger partial charge < -0.3 is 74.5 Å². The number of carbonyl (C=O) groups is 1. The van der Waals surface area contributed by atoms with Gasteiger partial charge in [0.2, 0.25) is 5.91 Å². The first-order valence-electron chi connectivity index (χ1n) is 15.8. The van der Waals surface area contributed by atoms with E-state index in [1.54, 1.807) is 0 Å². The van der Waals surface area contributed by atoms with E-state index in [0.717, 1.165) is 32.1 Å². The molecule has 0 bridgehead atoms. The molecule has 264 valence electrons. The molecule has 3 saturated heterocycles. The molecule has 0 spiro atoms. The molecule has 0 saturated carbocycles. The average Bonchev–Trinajstić information content (AvgIpc) is 3.00. The summed E-state index contributed by atoms with van der Waals surface area (Å²) in [4.78, 5) is 14.4. The van der Waals surface area contributed by atoms with Crippen molar-refractivity contribution in [1.82, 2.24) is 4.90 Å². The van der Waals surface area contributed by atoms with Gasteiger partial charge in [0.1, 0.15) is 66.6 Å². The molecule has 3 aliphatic rings. The van der Waals surface area contributed by atoms with E-state index in [9.17, 15) is 50.8 Å². The predicted molar refractivity (Wildman–Crippen MR) is 153 cm³/mol. The summed E-state index contributed by atoms with van der Waals surface area (Å²) in [6, 6.07) is -1.39. The summed E-state index contributed by atoms with van der Waals surface area (Å²) in [7, 11) is 0. The fourth-order valence-electron chi connectivity index (χ4n) is 6.35. The van der Waals surface area contributed by atoms with Gasteiger partial charge >= 0.3 is 0 Å². The SMILES string of the molecule is CCCCCCCCN(C(C)=O)[C@H]1[C@H](O)O[C@H](CO)[C@@H](O[C@@H]2O[C@H](CO)[C@H](O)[C@H](O)[C@H]2O)[C@]1(C)O[C@@H]1O[C@@H](C)[C@@H](O)[C@@H](O)[C@@H]1O. The van der Waals surface area contributed by atoms with E-state index < -0.39 is 111 Å². The van der Waals surface area contributed by atoms with Gasteiger partial charge in [-0.15, -0.1) is 0 Å². The van der Waals surface area contributed by atoms with Crippen molar-refractivity contribution in [2.75, 3.05) is 19.8 Å². The molecule has 0 aliphatic carbocycles. The van der Waals surface area contributed by atoms with Crippen LogP contribution in [0.2, 0.25) is 0 Å². The maximum absolute atomic E-state index is 13.1. The average molecular weight is 656 g/mol. The molecular formula is C29H53NO15. The van der Waals surface area contributed by atoms with Crippen LogP contribution in [0.4, 0.5) is 0 Å². The lowest BCUT2D eigenvalue weighted by Crippen LogP contribution is -2.75. The second-order valence-electron chi connectivity index (χ2n) is 12.4. The summed E-state index contributed by atoms with van der Waals surface area (Å²) < 4.78 is 29.3. The summed E-state index contributed by atoms with van der Waals surface area (Å²) >= 11 is 0. The minimum atomic E-state index is -1.97. The van der Waals surface area contributed by atoms with Gasteiger partial charge in [-0.05, 0) is 20.3 Å². The number of hydrogen-bond donors (Lipinski definition) is 9. The van der Waals surface area contributed by atoms with E-state index in [2.05, 4.69) is 6.92 Å². The number of unbranched alkanes of at least 4 members (excludes halogenated alkanes) is 5. The summed E-state index contributed by atoms with van der Waals surface area (Å²) in [5.41, 5.74) is -1.97. The van der Waals surface area contributed by atoms with Gasteiger partial charge in [-0.25, -0.2) is 0 Å². The van der Waals surface area contributed by atoms with Crippen LogP contribution < -0.4 is 0 Å². The number of ether oxygens (including phenoxy) is 5. The fourth-order valence-corrected chi connectivity index (χ4v) is 6.35. The fraction of sp³-hybridized carbons (Fsp3) is 0.966. The number of carbonyl (C=O) groups excluding carboxylic acids is 1. The molecule has 45 heavy (non-hydrogen) atoms. The Balaban J connectivity index is 2.03. The Morgan fingerprint density at radius 2 is 1.33 bits per heavy atom. The molecule has 0 aromatic heterocycles. The highest BCUT2D eigenvalue weighted by Crippen LogP contribution is 2.41. The lowest BCUT2D eigenvalue weighted by molar-refractivity contribution is -0.399. The molecule has 3 heterocycles. The monoisotopic (exact) mass is 655 g/mol. The molecule has 0 aromatic carbocycles. The first-order valence-corrected chi connectivity index (χ1v) is 15.8. The van der Waals surface area contributed by atoms with Crippen molar-refractivity contribution in [3.8, 4) is 0 Å². The van der Waals surface area contributed by atoms with Crippen molar-refractivity contribution in [2.45, 2.75) is 158 Å². The van der Waals surface area contributed by atoms with Gasteiger partial charge in [0.15, 0.2) is 18.9 Å². The van der Waals surface area contributed by atoms with Crippen LogP contribution in [-0.4, -0.2) is 168 Å². The Hall–Kier alpha value is -1.09. The number of amides is 1. The second-order valence-corrected chi connectivity index (χ2v) is 12.4. The van der Waals surface area contributed by atoms with Crippen LogP contribution in [0.25, 0.3) is 0 Å². The summed E-state index contributed by atoms with van der Waals surface area (Å²) in [6.45, 7) is 4.83. The van der Waals surface area contributed by atoms with Crippen LogP contribution in [0.3, 0.4) is 0 Å². The normalized spacial score (nSPS) is 44.1. The van der Waals surface area contributed by atoms with Crippen molar-refractivity contribution in [2.24, 2.45) is 0 Å². The second kappa shape index (κ2) is 16.8. The van der Waals surface area contributed by atoms with Crippen LogP contribution in [0.15, 0.2) is 0 Å². The molecule has 16 heteroatoms. The highest BCUT2D eigenvalue weighted by atomic mass is 16.8. The molecule has 16 nitrogen and oxygen atoms in total. The van der Waals surface area contributed by atoms with E-state index >= 15 is 0 Å². The van der Waals surface area contributed by atoms with Gasteiger partial charge in [0.25, 0.3) is 0 Å². The lowest BCUT2D eigenvalue weighted by Gasteiger charge is -2.56. The van der Waals surface area contributed by atoms with Crippen LogP contribution in [0.1, 0.15) is 66.2 Å². The smallest absolute Gasteiger partial charge is 0.219 e. The van der Waals surface area contributed by atoms with E-state index in [1.165, 1.54) is 25.7 Å². The zero-order chi connectivity index (χ0) is 33.6. The third-order valence-corrected chi connectivity index (χ3v) is 9.05. The third kappa shape index (κ3) is 8.50. The Labute approximate surface area is 263 Å². The minimum Gasteiger partial charge on any atom is -0.394 e. The van der Waals surface area contributed by atoms with Crippen molar-refractivity contribution < 1.29 is 74.4 Å². The van der Waals surface area contributed by atoms with Crippen LogP contribution in [0.5, 0.6) is 0 Å². The molecule has 15 atom stereocenters. The maximum atomic E-state index is 13.1. The van der Waals surface area contributed by atoms with E-state index in [1.807, 2.05) is 0 Å². The van der Waals surface area contributed by atoms with E-state index in [4.69, 9.17) is 23.7 Å². The molecule has 1 amide bonds. The van der Waals surface area contributed by atoms with Crippen molar-refractivity contribution in [3.05, 3.63) is 0 Å². The van der Waals surface area contributed by atoms with Crippen LogP contribution >= 0.6 is 0 Å². The van der Waals surface area contributed by atoms with Crippen molar-refractivity contribution in [1.29, 1.82) is 0 Å². The third-order valence-electron chi connectivity index (χ3n) is 9.05. The molecule has 0 aromatic rings. The Kier molecular flexibility index (Phi) is 14.4. The first kappa shape index (κ1) is 38.4. The van der Waals surface area contributed by atoms with Crippen molar-refractivity contribution in [3.63, 3.8) is 0 Å². The van der Waals surface area contributed by atoms with E-state index in [-0.39, 0.29) is 6.54 Å². The topological polar surface area (TPSA) is 249 Å². The molecule has 0 radical (unpaired) electrons. The molecule has 3 rings (SSSR count).